The molecule has 12 heteroatoms. The van der Waals surface area contributed by atoms with Gasteiger partial charge in [0.2, 0.25) is 10.0 Å². The van der Waals surface area contributed by atoms with E-state index in [0.29, 0.717) is 28.1 Å². The largest absolute Gasteiger partial charge is 0.466 e. The standard InChI is InChI=1S/C20H17Cl3N2O5S2/c1-28-10-8-25-17(27)15(32-19(25)31)11-12-4-6-13(7-5-12)30-18(20(21,22)23)24-16(26)14-3-2-9-29-14/h2-7,9,11,18H,8,10H2,1H3,(H,24,26)/b15-11-/t18-/m1/s1. The Balaban J connectivity index is 1.69. The minimum Gasteiger partial charge on any atom is -0.466 e. The molecule has 0 radical (unpaired) electrons. The predicted octanol–water partition coefficient (Wildman–Crippen LogP) is 4.63. The second-order valence-corrected chi connectivity index (χ2v) is 10.4. The average Bonchev–Trinajstić information content (AvgIpc) is 3.36. The monoisotopic (exact) mass is 534 g/mol. The summed E-state index contributed by atoms with van der Waals surface area (Å²) in [5.74, 6) is -0.385. The van der Waals surface area contributed by atoms with Crippen LogP contribution >= 0.6 is 58.8 Å². The zero-order valence-electron chi connectivity index (χ0n) is 16.5. The van der Waals surface area contributed by atoms with E-state index < -0.39 is 15.9 Å². The maximum Gasteiger partial charge on any atom is 0.289 e. The number of benzene rings is 1. The number of hydrogen-bond acceptors (Lipinski definition) is 7. The van der Waals surface area contributed by atoms with Gasteiger partial charge in [-0.05, 0) is 35.9 Å². The van der Waals surface area contributed by atoms with Crippen LogP contribution in [-0.2, 0) is 9.53 Å². The molecule has 2 amide bonds. The van der Waals surface area contributed by atoms with Crippen LogP contribution < -0.4 is 10.1 Å². The lowest BCUT2D eigenvalue weighted by molar-refractivity contribution is -0.122. The minimum absolute atomic E-state index is 0.0472. The first-order valence-corrected chi connectivity index (χ1v) is 11.5. The van der Waals surface area contributed by atoms with Crippen LogP contribution in [0.5, 0.6) is 5.75 Å². The molecule has 3 rings (SSSR count). The fourth-order valence-electron chi connectivity index (χ4n) is 2.58. The van der Waals surface area contributed by atoms with Crippen molar-refractivity contribution >= 4 is 81.0 Å². The minimum atomic E-state index is -1.95. The highest BCUT2D eigenvalue weighted by Gasteiger charge is 2.37. The number of halogens is 3. The molecule has 1 aromatic carbocycles. The molecule has 1 atom stereocenters. The molecule has 7 nitrogen and oxygen atoms in total. The summed E-state index contributed by atoms with van der Waals surface area (Å²) in [5.41, 5.74) is 0.745. The number of nitrogens with zero attached hydrogens (tertiary/aromatic N) is 1. The molecule has 1 aliphatic heterocycles. The van der Waals surface area contributed by atoms with E-state index in [9.17, 15) is 9.59 Å². The molecule has 1 fully saturated rings. The van der Waals surface area contributed by atoms with Gasteiger partial charge in [-0.2, -0.15) is 0 Å². The highest BCUT2D eigenvalue weighted by atomic mass is 35.6. The van der Waals surface area contributed by atoms with E-state index in [1.165, 1.54) is 29.0 Å². The van der Waals surface area contributed by atoms with E-state index in [2.05, 4.69) is 5.32 Å². The normalized spacial score (nSPS) is 16.5. The summed E-state index contributed by atoms with van der Waals surface area (Å²) in [6.07, 6.45) is 1.79. The van der Waals surface area contributed by atoms with Gasteiger partial charge in [0, 0.05) is 7.11 Å². The summed E-state index contributed by atoms with van der Waals surface area (Å²) in [4.78, 5) is 26.8. The average molecular weight is 536 g/mol. The fourth-order valence-corrected chi connectivity index (χ4v) is 4.19. The van der Waals surface area contributed by atoms with Crippen LogP contribution in [0.15, 0.2) is 52.0 Å². The number of thiocarbonyl (C=S) groups is 1. The van der Waals surface area contributed by atoms with Gasteiger partial charge >= 0.3 is 0 Å². The van der Waals surface area contributed by atoms with Crippen LogP contribution in [0.2, 0.25) is 0 Å². The maximum atomic E-state index is 12.5. The molecule has 0 spiro atoms. The summed E-state index contributed by atoms with van der Waals surface area (Å²) < 4.78 is 14.2. The quantitative estimate of drug-likeness (QED) is 0.228. The number of methoxy groups -OCH3 is 1. The van der Waals surface area contributed by atoms with Crippen molar-refractivity contribution in [2.45, 2.75) is 10.0 Å². The van der Waals surface area contributed by atoms with E-state index >= 15 is 0 Å². The van der Waals surface area contributed by atoms with Crippen molar-refractivity contribution in [3.63, 3.8) is 0 Å². The highest BCUT2D eigenvalue weighted by molar-refractivity contribution is 8.26. The number of carbonyl (C=O) groups excluding carboxylic acids is 2. The zero-order valence-corrected chi connectivity index (χ0v) is 20.4. The molecular formula is C20H17Cl3N2O5S2. The smallest absolute Gasteiger partial charge is 0.289 e. The molecule has 0 saturated carbocycles. The number of thioether (sulfide) groups is 1. The molecular weight excluding hydrogens is 519 g/mol. The third-order valence-electron chi connectivity index (χ3n) is 4.13. The highest BCUT2D eigenvalue weighted by Crippen LogP contribution is 2.34. The number of nitrogens with one attached hydrogen (secondary N) is 1. The summed E-state index contributed by atoms with van der Waals surface area (Å²) >= 11 is 24.4. The Morgan fingerprint density at radius 3 is 2.62 bits per heavy atom. The van der Waals surface area contributed by atoms with Gasteiger partial charge in [0.1, 0.15) is 10.1 Å². The number of carbonyl (C=O) groups is 2. The van der Waals surface area contributed by atoms with Gasteiger partial charge in [0.05, 0.1) is 24.3 Å². The molecule has 0 bridgehead atoms. The van der Waals surface area contributed by atoms with E-state index in [0.717, 1.165) is 5.56 Å². The first-order valence-electron chi connectivity index (χ1n) is 9.11. The topological polar surface area (TPSA) is 81.0 Å². The van der Waals surface area contributed by atoms with Crippen LogP contribution in [0.25, 0.3) is 6.08 Å². The molecule has 2 heterocycles. The lowest BCUT2D eigenvalue weighted by Crippen LogP contribution is -2.47. The van der Waals surface area contributed by atoms with Crippen molar-refractivity contribution in [3.8, 4) is 5.75 Å². The van der Waals surface area contributed by atoms with E-state index in [1.807, 2.05) is 0 Å². The summed E-state index contributed by atoms with van der Waals surface area (Å²) in [6, 6.07) is 9.73. The number of rotatable bonds is 8. The van der Waals surface area contributed by atoms with Gasteiger partial charge < -0.3 is 19.2 Å². The molecule has 1 saturated heterocycles. The molecule has 170 valence electrons. The molecule has 0 aliphatic carbocycles. The van der Waals surface area contributed by atoms with Crippen LogP contribution in [0.3, 0.4) is 0 Å². The summed E-state index contributed by atoms with van der Waals surface area (Å²) in [5, 5.41) is 2.47. The van der Waals surface area contributed by atoms with Gasteiger partial charge in [-0.1, -0.05) is 70.9 Å². The molecule has 1 aliphatic rings. The second kappa shape index (κ2) is 10.9. The molecule has 32 heavy (non-hydrogen) atoms. The van der Waals surface area contributed by atoms with Crippen molar-refractivity contribution in [2.75, 3.05) is 20.3 Å². The van der Waals surface area contributed by atoms with Gasteiger partial charge in [0.25, 0.3) is 11.8 Å². The third kappa shape index (κ3) is 6.40. The zero-order chi connectivity index (χ0) is 23.3. The first kappa shape index (κ1) is 24.9. The lowest BCUT2D eigenvalue weighted by atomic mass is 10.2. The molecule has 1 aromatic heterocycles. The van der Waals surface area contributed by atoms with Gasteiger partial charge in [-0.3, -0.25) is 14.5 Å². The van der Waals surface area contributed by atoms with Gasteiger partial charge in [-0.25, -0.2) is 0 Å². The Hall–Kier alpha value is -1.75. The van der Waals surface area contributed by atoms with Crippen LogP contribution in [0.1, 0.15) is 16.1 Å². The lowest BCUT2D eigenvalue weighted by Gasteiger charge is -2.26. The third-order valence-corrected chi connectivity index (χ3v) is 6.10. The van der Waals surface area contributed by atoms with E-state index in [4.69, 9.17) is 60.9 Å². The number of furan rings is 1. The van der Waals surface area contributed by atoms with E-state index in [1.54, 1.807) is 43.5 Å². The van der Waals surface area contributed by atoms with Crippen molar-refractivity contribution in [1.82, 2.24) is 10.2 Å². The number of amides is 2. The number of ether oxygens (including phenoxy) is 2. The van der Waals surface area contributed by atoms with Crippen LogP contribution in [0, 0.1) is 0 Å². The Morgan fingerprint density at radius 1 is 1.31 bits per heavy atom. The van der Waals surface area contributed by atoms with E-state index in [-0.39, 0.29) is 11.7 Å². The number of alkyl halides is 3. The van der Waals surface area contributed by atoms with Crippen LogP contribution in [0.4, 0.5) is 0 Å². The molecule has 2 aromatic rings. The van der Waals surface area contributed by atoms with Crippen LogP contribution in [-0.4, -0.2) is 51.3 Å². The molecule has 1 N–H and O–H groups in total. The number of hydrogen-bond donors (Lipinski definition) is 1. The van der Waals surface area contributed by atoms with Gasteiger partial charge in [0.15, 0.2) is 5.76 Å². The Bertz CT molecular complexity index is 1010. The summed E-state index contributed by atoms with van der Waals surface area (Å²) in [6.45, 7) is 0.792. The summed E-state index contributed by atoms with van der Waals surface area (Å²) in [7, 11) is 1.56. The Morgan fingerprint density at radius 2 is 2.03 bits per heavy atom. The predicted molar refractivity (Wildman–Crippen MR) is 129 cm³/mol. The van der Waals surface area contributed by atoms with Crippen molar-refractivity contribution < 1.29 is 23.5 Å². The molecule has 0 unspecified atom stereocenters. The Labute approximate surface area is 208 Å². The Kier molecular flexibility index (Phi) is 8.49. The van der Waals surface area contributed by atoms with Crippen molar-refractivity contribution in [3.05, 3.63) is 58.9 Å². The SMILES string of the molecule is COCCN1C(=O)/C(=C/c2ccc(O[C@@H](NC(=O)c3ccco3)C(Cl)(Cl)Cl)cc2)SC1=S. The first-order chi connectivity index (χ1) is 15.2. The van der Waals surface area contributed by atoms with Gasteiger partial charge in [-0.15, -0.1) is 0 Å². The fraction of sp³-hybridized carbons (Fsp3) is 0.250. The van der Waals surface area contributed by atoms with Crippen molar-refractivity contribution in [1.29, 1.82) is 0 Å². The second-order valence-electron chi connectivity index (χ2n) is 6.39. The van der Waals surface area contributed by atoms with Crippen molar-refractivity contribution in [2.24, 2.45) is 0 Å². The maximum absolute atomic E-state index is 12.5.